The van der Waals surface area contributed by atoms with Gasteiger partial charge in [-0.3, -0.25) is 0 Å². The molecule has 4 rings (SSSR count). The van der Waals surface area contributed by atoms with Gasteiger partial charge in [0.15, 0.2) is 0 Å². The topological polar surface area (TPSA) is 122 Å². The first-order valence-corrected chi connectivity index (χ1v) is 10.0. The molecule has 1 heterocycles. The smallest absolute Gasteiger partial charge is 0.335 e. The molecule has 0 saturated heterocycles. The molecule has 8 nitrogen and oxygen atoms in total. The number of phenolic OH excluding ortho intramolecular Hbond substituents is 1. The lowest BCUT2D eigenvalue weighted by Crippen LogP contribution is -2.04. The fourth-order valence-electron chi connectivity index (χ4n) is 2.94. The molecule has 0 unspecified atom stereocenters. The quantitative estimate of drug-likeness (QED) is 0.531. The Hall–Kier alpha value is -3.72. The summed E-state index contributed by atoms with van der Waals surface area (Å²) in [5.74, 6) is -1.31. The molecule has 29 heavy (non-hydrogen) atoms. The first-order chi connectivity index (χ1) is 13.8. The van der Waals surface area contributed by atoms with E-state index in [0.717, 1.165) is 4.80 Å². The fourth-order valence-corrected chi connectivity index (χ4v) is 4.24. The third kappa shape index (κ3) is 3.21. The number of carboxylic acids is 1. The number of hydrogen-bond donors (Lipinski definition) is 2. The van der Waals surface area contributed by atoms with E-state index in [4.69, 9.17) is 0 Å². The summed E-state index contributed by atoms with van der Waals surface area (Å²) in [5.41, 5.74) is 1.11. The summed E-state index contributed by atoms with van der Waals surface area (Å²) in [6.07, 6.45) is 0. The molecule has 0 aliphatic carbocycles. The van der Waals surface area contributed by atoms with Crippen molar-refractivity contribution in [1.82, 2.24) is 15.0 Å². The summed E-state index contributed by atoms with van der Waals surface area (Å²) in [5, 5.41) is 28.1. The molecule has 146 valence electrons. The summed E-state index contributed by atoms with van der Waals surface area (Å²) < 4.78 is 25.6. The predicted molar refractivity (Wildman–Crippen MR) is 104 cm³/mol. The highest BCUT2D eigenvalue weighted by Crippen LogP contribution is 2.28. The Labute approximate surface area is 165 Å². The van der Waals surface area contributed by atoms with Gasteiger partial charge >= 0.3 is 5.97 Å². The van der Waals surface area contributed by atoms with E-state index in [2.05, 4.69) is 10.2 Å². The lowest BCUT2D eigenvalue weighted by atomic mass is 10.1. The normalized spacial score (nSPS) is 11.6. The van der Waals surface area contributed by atoms with Crippen LogP contribution in [0.2, 0.25) is 0 Å². The molecule has 0 atom stereocenters. The van der Waals surface area contributed by atoms with Gasteiger partial charge in [0.1, 0.15) is 22.5 Å². The summed E-state index contributed by atoms with van der Waals surface area (Å²) in [6, 6.07) is 15.0. The molecule has 2 N–H and O–H groups in total. The number of phenols is 1. The van der Waals surface area contributed by atoms with E-state index in [9.17, 15) is 23.4 Å². The standard InChI is InChI=1S/C20H15N3O5S/c1-12-9-13(20(25)26)10-18(19(12)24)23-21-16-8-7-15(11-17(16)22-23)29(27,28)14-5-3-2-4-6-14/h2-11,24H,1H3,(H,25,26). The zero-order chi connectivity index (χ0) is 20.8. The average molecular weight is 409 g/mol. The SMILES string of the molecule is Cc1cc(C(=O)O)cc(-n2nc3ccc(S(=O)(=O)c4ccccc4)cc3n2)c1O. The Kier molecular flexibility index (Phi) is 4.31. The van der Waals surface area contributed by atoms with E-state index in [1.807, 2.05) is 0 Å². The van der Waals surface area contributed by atoms with Crippen LogP contribution in [0.4, 0.5) is 0 Å². The van der Waals surface area contributed by atoms with Crippen LogP contribution in [0.15, 0.2) is 70.5 Å². The molecule has 0 aliphatic rings. The number of sulfone groups is 1. The van der Waals surface area contributed by atoms with Crippen LogP contribution in [-0.2, 0) is 9.84 Å². The first-order valence-electron chi connectivity index (χ1n) is 8.52. The molecule has 1 aromatic heterocycles. The zero-order valence-corrected chi connectivity index (χ0v) is 16.0. The number of benzene rings is 3. The highest BCUT2D eigenvalue weighted by Gasteiger charge is 2.20. The number of carbonyl (C=O) groups is 1. The number of aromatic hydroxyl groups is 1. The van der Waals surface area contributed by atoms with Crippen molar-refractivity contribution in [1.29, 1.82) is 0 Å². The van der Waals surface area contributed by atoms with Crippen LogP contribution in [0.5, 0.6) is 5.75 Å². The number of aryl methyl sites for hydroxylation is 1. The zero-order valence-electron chi connectivity index (χ0n) is 15.1. The van der Waals surface area contributed by atoms with E-state index in [1.165, 1.54) is 42.5 Å². The minimum absolute atomic E-state index is 0.0241. The van der Waals surface area contributed by atoms with Gasteiger partial charge in [0.25, 0.3) is 0 Å². The van der Waals surface area contributed by atoms with Crippen molar-refractivity contribution in [3.05, 3.63) is 71.8 Å². The average Bonchev–Trinajstić information content (AvgIpc) is 3.13. The molecular formula is C20H15N3O5S. The van der Waals surface area contributed by atoms with E-state index in [-0.39, 0.29) is 26.8 Å². The van der Waals surface area contributed by atoms with Crippen molar-refractivity contribution in [2.75, 3.05) is 0 Å². The maximum absolute atomic E-state index is 12.8. The van der Waals surface area contributed by atoms with Crippen molar-refractivity contribution in [2.24, 2.45) is 0 Å². The summed E-state index contributed by atoms with van der Waals surface area (Å²) in [6.45, 7) is 1.57. The summed E-state index contributed by atoms with van der Waals surface area (Å²) in [4.78, 5) is 12.6. The van der Waals surface area contributed by atoms with Gasteiger partial charge in [-0.1, -0.05) is 18.2 Å². The second kappa shape index (κ2) is 6.71. The lowest BCUT2D eigenvalue weighted by Gasteiger charge is -2.07. The number of aromatic carboxylic acids is 1. The molecule has 0 spiro atoms. The number of nitrogens with zero attached hydrogens (tertiary/aromatic N) is 3. The molecule has 3 aromatic carbocycles. The van der Waals surface area contributed by atoms with Gasteiger partial charge in [0, 0.05) is 0 Å². The molecule has 0 aliphatic heterocycles. The Morgan fingerprint density at radius 2 is 1.62 bits per heavy atom. The Balaban J connectivity index is 1.84. The maximum atomic E-state index is 12.8. The minimum atomic E-state index is -3.72. The van der Waals surface area contributed by atoms with Crippen LogP contribution in [0.3, 0.4) is 0 Å². The van der Waals surface area contributed by atoms with Crippen LogP contribution >= 0.6 is 0 Å². The van der Waals surface area contributed by atoms with Gasteiger partial charge in [-0.2, -0.15) is 0 Å². The number of carboxylic acid groups (broad SMARTS) is 1. The predicted octanol–water partition coefficient (Wildman–Crippen LogP) is 2.97. The number of fused-ring (bicyclic) bond motifs is 1. The molecule has 9 heteroatoms. The van der Waals surface area contributed by atoms with Crippen LogP contribution in [0.1, 0.15) is 15.9 Å². The van der Waals surface area contributed by atoms with Gasteiger partial charge in [-0.05, 0) is 55.0 Å². The van der Waals surface area contributed by atoms with E-state index >= 15 is 0 Å². The van der Waals surface area contributed by atoms with Crippen molar-refractivity contribution >= 4 is 26.8 Å². The van der Waals surface area contributed by atoms with Gasteiger partial charge in [-0.15, -0.1) is 15.0 Å². The van der Waals surface area contributed by atoms with Crippen LogP contribution in [0.25, 0.3) is 16.7 Å². The van der Waals surface area contributed by atoms with Crippen LogP contribution in [0, 0.1) is 6.92 Å². The molecule has 0 amide bonds. The second-order valence-electron chi connectivity index (χ2n) is 6.42. The largest absolute Gasteiger partial charge is 0.505 e. The Morgan fingerprint density at radius 1 is 0.931 bits per heavy atom. The van der Waals surface area contributed by atoms with Gasteiger partial charge in [0.2, 0.25) is 9.84 Å². The van der Waals surface area contributed by atoms with Crippen LogP contribution in [-0.4, -0.2) is 39.6 Å². The monoisotopic (exact) mass is 409 g/mol. The number of aromatic nitrogens is 3. The van der Waals surface area contributed by atoms with Crippen molar-refractivity contribution in [3.63, 3.8) is 0 Å². The highest BCUT2D eigenvalue weighted by atomic mass is 32.2. The van der Waals surface area contributed by atoms with Gasteiger partial charge in [0.05, 0.1) is 15.4 Å². The van der Waals surface area contributed by atoms with Crippen LogP contribution < -0.4 is 0 Å². The molecule has 0 saturated carbocycles. The van der Waals surface area contributed by atoms with E-state index in [1.54, 1.807) is 25.1 Å². The minimum Gasteiger partial charge on any atom is -0.505 e. The second-order valence-corrected chi connectivity index (χ2v) is 8.37. The van der Waals surface area contributed by atoms with E-state index in [0.29, 0.717) is 16.6 Å². The van der Waals surface area contributed by atoms with E-state index < -0.39 is 15.8 Å². The molecule has 0 radical (unpaired) electrons. The first kappa shape index (κ1) is 18.6. The maximum Gasteiger partial charge on any atom is 0.335 e. The summed E-state index contributed by atoms with van der Waals surface area (Å²) >= 11 is 0. The summed E-state index contributed by atoms with van der Waals surface area (Å²) in [7, 11) is -3.72. The highest BCUT2D eigenvalue weighted by molar-refractivity contribution is 7.91. The number of rotatable bonds is 4. The van der Waals surface area contributed by atoms with Crippen molar-refractivity contribution in [2.45, 2.75) is 16.7 Å². The Bertz CT molecular complexity index is 1360. The lowest BCUT2D eigenvalue weighted by molar-refractivity contribution is 0.0696. The van der Waals surface area contributed by atoms with Crippen molar-refractivity contribution < 1.29 is 23.4 Å². The fraction of sp³-hybridized carbons (Fsp3) is 0.0500. The number of hydrogen-bond acceptors (Lipinski definition) is 6. The van der Waals surface area contributed by atoms with Crippen molar-refractivity contribution in [3.8, 4) is 11.4 Å². The molecule has 4 aromatic rings. The third-order valence-electron chi connectivity index (χ3n) is 4.46. The third-order valence-corrected chi connectivity index (χ3v) is 6.23. The molecule has 0 fully saturated rings. The Morgan fingerprint density at radius 3 is 2.31 bits per heavy atom. The van der Waals surface area contributed by atoms with Gasteiger partial charge in [-0.25, -0.2) is 13.2 Å². The van der Waals surface area contributed by atoms with Gasteiger partial charge < -0.3 is 10.2 Å². The molecule has 0 bridgehead atoms. The molecular weight excluding hydrogens is 394 g/mol.